The van der Waals surface area contributed by atoms with E-state index >= 15 is 0 Å². The molecule has 26 heavy (non-hydrogen) atoms. The molecule has 0 heterocycles. The maximum Gasteiger partial charge on any atom is 0.0664 e. The van der Waals surface area contributed by atoms with Gasteiger partial charge in [-0.1, -0.05) is 138 Å². The largest absolute Gasteiger partial charge is 0.0664 e. The van der Waals surface area contributed by atoms with Gasteiger partial charge in [-0.15, -0.1) is 0 Å². The van der Waals surface area contributed by atoms with Crippen LogP contribution in [0.2, 0.25) is 18.1 Å². The summed E-state index contributed by atoms with van der Waals surface area (Å²) in [5, 5.41) is 0. The van der Waals surface area contributed by atoms with Gasteiger partial charge in [-0.3, -0.25) is 0 Å². The van der Waals surface area contributed by atoms with E-state index in [1.54, 1.807) is 11.1 Å². The number of unbranched alkanes of at least 4 members (excludes halogenated alkanes) is 3. The Hall–Kier alpha value is -1.34. The van der Waals surface area contributed by atoms with E-state index in [2.05, 4.69) is 81.4 Å². The van der Waals surface area contributed by atoms with Crippen LogP contribution in [0.1, 0.15) is 76.0 Å². The summed E-state index contributed by atoms with van der Waals surface area (Å²) >= 11 is 0. The zero-order chi connectivity index (χ0) is 18.7. The predicted octanol–water partition coefficient (Wildman–Crippen LogP) is 8.21. The fourth-order valence-electron chi connectivity index (χ4n) is 4.59. The summed E-state index contributed by atoms with van der Waals surface area (Å²) < 4.78 is 0. The fraction of sp³-hybridized carbons (Fsp3) is 0.520. The van der Waals surface area contributed by atoms with Crippen molar-refractivity contribution < 1.29 is 0 Å². The van der Waals surface area contributed by atoms with Crippen molar-refractivity contribution in [3.05, 3.63) is 71.8 Å². The normalized spacial score (nSPS) is 11.8. The van der Waals surface area contributed by atoms with Crippen molar-refractivity contribution in [2.24, 2.45) is 0 Å². The van der Waals surface area contributed by atoms with Crippen LogP contribution in [0.15, 0.2) is 60.7 Å². The standard InChI is InChI=1S/C25H38Si/c1-4-7-20-26(21-8-5-2,22-9-6-3)25(23-16-12-10-13-17-23)24-18-14-11-15-19-24/h10-19,25H,4-9,20-22H2,1-3H3. The van der Waals surface area contributed by atoms with Gasteiger partial charge in [0.1, 0.15) is 0 Å². The molecule has 0 unspecified atom stereocenters. The SMILES string of the molecule is CCCC[Si](CCCC)(CCCC)C(c1ccccc1)c1ccccc1. The van der Waals surface area contributed by atoms with Crippen LogP contribution in [0, 0.1) is 0 Å². The van der Waals surface area contributed by atoms with E-state index in [9.17, 15) is 0 Å². The van der Waals surface area contributed by atoms with Crippen LogP contribution in [-0.4, -0.2) is 8.07 Å². The van der Waals surface area contributed by atoms with E-state index in [1.807, 2.05) is 0 Å². The first kappa shape index (κ1) is 21.0. The second-order valence-electron chi connectivity index (χ2n) is 7.93. The number of hydrogen-bond donors (Lipinski definition) is 0. The average molecular weight is 367 g/mol. The van der Waals surface area contributed by atoms with Gasteiger partial charge in [0.15, 0.2) is 0 Å². The highest BCUT2D eigenvalue weighted by atomic mass is 28.3. The molecule has 0 N–H and O–H groups in total. The van der Waals surface area contributed by atoms with Crippen LogP contribution in [0.3, 0.4) is 0 Å². The maximum absolute atomic E-state index is 2.39. The molecule has 0 nitrogen and oxygen atoms in total. The van der Waals surface area contributed by atoms with Crippen LogP contribution in [0.4, 0.5) is 0 Å². The molecule has 0 fully saturated rings. The summed E-state index contributed by atoms with van der Waals surface area (Å²) in [5.74, 6) is 0. The summed E-state index contributed by atoms with van der Waals surface area (Å²) in [6.45, 7) is 7.08. The maximum atomic E-state index is 2.39. The second-order valence-corrected chi connectivity index (χ2v) is 12.7. The van der Waals surface area contributed by atoms with Gasteiger partial charge in [0, 0.05) is 5.54 Å². The molecular weight excluding hydrogens is 328 g/mol. The minimum Gasteiger partial charge on any atom is -0.0654 e. The molecule has 0 aliphatic rings. The molecule has 0 aliphatic heterocycles. The Balaban J connectivity index is 2.54. The van der Waals surface area contributed by atoms with Crippen molar-refractivity contribution in [1.29, 1.82) is 0 Å². The molecule has 2 aromatic rings. The first-order valence-electron chi connectivity index (χ1n) is 10.9. The predicted molar refractivity (Wildman–Crippen MR) is 120 cm³/mol. The van der Waals surface area contributed by atoms with Gasteiger partial charge >= 0.3 is 0 Å². The summed E-state index contributed by atoms with van der Waals surface area (Å²) in [5.41, 5.74) is 3.77. The van der Waals surface area contributed by atoms with Crippen molar-refractivity contribution in [2.45, 2.75) is 83.0 Å². The third-order valence-corrected chi connectivity index (χ3v) is 11.9. The van der Waals surface area contributed by atoms with Crippen LogP contribution in [-0.2, 0) is 0 Å². The van der Waals surface area contributed by atoms with Crippen LogP contribution < -0.4 is 0 Å². The minimum atomic E-state index is -1.47. The van der Waals surface area contributed by atoms with Crippen molar-refractivity contribution in [3.8, 4) is 0 Å². The van der Waals surface area contributed by atoms with Crippen molar-refractivity contribution in [3.63, 3.8) is 0 Å². The Morgan fingerprint density at radius 3 is 1.23 bits per heavy atom. The molecular formula is C25H38Si. The third-order valence-electron chi connectivity index (χ3n) is 5.96. The molecule has 0 aliphatic carbocycles. The lowest BCUT2D eigenvalue weighted by atomic mass is 10.0. The van der Waals surface area contributed by atoms with Crippen LogP contribution >= 0.6 is 0 Å². The van der Waals surface area contributed by atoms with Gasteiger partial charge in [-0.25, -0.2) is 0 Å². The Labute approximate surface area is 163 Å². The van der Waals surface area contributed by atoms with E-state index < -0.39 is 8.07 Å². The quantitative estimate of drug-likeness (QED) is 0.332. The summed E-state index contributed by atoms with van der Waals surface area (Å²) in [6.07, 6.45) is 8.16. The third kappa shape index (κ3) is 5.58. The van der Waals surface area contributed by atoms with Gasteiger partial charge in [-0.2, -0.15) is 0 Å². The first-order valence-corrected chi connectivity index (χ1v) is 13.6. The highest BCUT2D eigenvalue weighted by Gasteiger charge is 2.40. The molecule has 0 aromatic heterocycles. The molecule has 142 valence electrons. The van der Waals surface area contributed by atoms with Gasteiger partial charge in [0.25, 0.3) is 0 Å². The Morgan fingerprint density at radius 2 is 0.923 bits per heavy atom. The molecule has 0 bridgehead atoms. The number of benzene rings is 2. The molecule has 0 radical (unpaired) electrons. The number of rotatable bonds is 12. The average Bonchev–Trinajstić information content (AvgIpc) is 2.70. The highest BCUT2D eigenvalue weighted by Crippen LogP contribution is 2.44. The Bertz CT molecular complexity index is 529. The smallest absolute Gasteiger partial charge is 0.0654 e. The summed E-state index contributed by atoms with van der Waals surface area (Å²) in [4.78, 5) is 0. The van der Waals surface area contributed by atoms with E-state index in [4.69, 9.17) is 0 Å². The lowest BCUT2D eigenvalue weighted by molar-refractivity contribution is 0.769. The van der Waals surface area contributed by atoms with Crippen molar-refractivity contribution in [1.82, 2.24) is 0 Å². The van der Waals surface area contributed by atoms with Gasteiger partial charge < -0.3 is 0 Å². The first-order chi connectivity index (χ1) is 12.8. The van der Waals surface area contributed by atoms with Crippen LogP contribution in [0.25, 0.3) is 0 Å². The van der Waals surface area contributed by atoms with E-state index in [1.165, 1.54) is 56.7 Å². The van der Waals surface area contributed by atoms with Gasteiger partial charge in [0.2, 0.25) is 0 Å². The van der Waals surface area contributed by atoms with E-state index in [0.717, 1.165) is 0 Å². The minimum absolute atomic E-state index is 0.648. The van der Waals surface area contributed by atoms with Gasteiger partial charge in [0.05, 0.1) is 8.07 Å². The lowest BCUT2D eigenvalue weighted by Crippen LogP contribution is -2.42. The molecule has 2 rings (SSSR count). The lowest BCUT2D eigenvalue weighted by Gasteiger charge is -2.41. The Morgan fingerprint density at radius 1 is 0.577 bits per heavy atom. The van der Waals surface area contributed by atoms with E-state index in [0.29, 0.717) is 5.54 Å². The highest BCUT2D eigenvalue weighted by molar-refractivity contribution is 6.81. The second kappa shape index (κ2) is 11.4. The van der Waals surface area contributed by atoms with Gasteiger partial charge in [-0.05, 0) is 11.1 Å². The number of hydrogen-bond acceptors (Lipinski definition) is 0. The van der Waals surface area contributed by atoms with Crippen LogP contribution in [0.5, 0.6) is 0 Å². The zero-order valence-corrected chi connectivity index (χ0v) is 18.2. The van der Waals surface area contributed by atoms with Crippen molar-refractivity contribution in [2.75, 3.05) is 0 Å². The summed E-state index contributed by atoms with van der Waals surface area (Å²) in [7, 11) is -1.47. The topological polar surface area (TPSA) is 0 Å². The molecule has 0 atom stereocenters. The fourth-order valence-corrected chi connectivity index (χ4v) is 11.2. The molecule has 0 spiro atoms. The zero-order valence-electron chi connectivity index (χ0n) is 17.2. The molecule has 1 heteroatoms. The molecule has 0 saturated heterocycles. The van der Waals surface area contributed by atoms with Crippen molar-refractivity contribution >= 4 is 8.07 Å². The monoisotopic (exact) mass is 366 g/mol. The molecule has 2 aromatic carbocycles. The Kier molecular flexibility index (Phi) is 9.18. The molecule has 0 saturated carbocycles. The molecule has 0 amide bonds. The summed E-state index contributed by atoms with van der Waals surface area (Å²) in [6, 6.07) is 27.3. The van der Waals surface area contributed by atoms with E-state index in [-0.39, 0.29) is 0 Å².